The Bertz CT molecular complexity index is 276. The molecule has 0 aromatic carbocycles. The first-order chi connectivity index (χ1) is 7.95. The molecule has 2 rings (SSSR count). The largest absolute Gasteiger partial charge is 0.379 e. The predicted octanol–water partition coefficient (Wildman–Crippen LogP) is 1.98. The molecule has 1 N–H and O–H groups in total. The van der Waals surface area contributed by atoms with Gasteiger partial charge in [0.15, 0.2) is 0 Å². The molecule has 1 aliphatic rings. The number of hydrogen-bond acceptors (Lipinski definition) is 4. The van der Waals surface area contributed by atoms with Crippen LogP contribution in [0.15, 0.2) is 17.5 Å². The first-order valence-electron chi connectivity index (χ1n) is 5.98. The van der Waals surface area contributed by atoms with Gasteiger partial charge in [0.2, 0.25) is 0 Å². The Hall–Kier alpha value is -0.130. The molecule has 0 amide bonds. The van der Waals surface area contributed by atoms with Gasteiger partial charge in [-0.1, -0.05) is 6.07 Å². The Labute approximate surface area is 114 Å². The van der Waals surface area contributed by atoms with E-state index in [1.165, 1.54) is 17.8 Å². The number of nitrogens with zero attached hydrogens (tertiary/aromatic N) is 1. The number of rotatable bonds is 6. The lowest BCUT2D eigenvalue weighted by Gasteiger charge is -2.26. The average Bonchev–Trinajstić information content (AvgIpc) is 2.83. The van der Waals surface area contributed by atoms with E-state index in [9.17, 15) is 0 Å². The summed E-state index contributed by atoms with van der Waals surface area (Å²) >= 11 is 1.82. The van der Waals surface area contributed by atoms with Crippen molar-refractivity contribution in [3.05, 3.63) is 22.4 Å². The van der Waals surface area contributed by atoms with Crippen LogP contribution in [0.25, 0.3) is 0 Å². The van der Waals surface area contributed by atoms with Crippen molar-refractivity contribution in [2.24, 2.45) is 0 Å². The topological polar surface area (TPSA) is 24.5 Å². The van der Waals surface area contributed by atoms with E-state index in [4.69, 9.17) is 4.74 Å². The summed E-state index contributed by atoms with van der Waals surface area (Å²) in [5, 5.41) is 5.61. The van der Waals surface area contributed by atoms with E-state index in [0.29, 0.717) is 0 Å². The Morgan fingerprint density at radius 2 is 2.18 bits per heavy atom. The summed E-state index contributed by atoms with van der Waals surface area (Å²) in [5.74, 6) is 0. The van der Waals surface area contributed by atoms with Crippen LogP contribution in [0.2, 0.25) is 0 Å². The molecule has 1 aliphatic heterocycles. The van der Waals surface area contributed by atoms with Crippen LogP contribution in [0, 0.1) is 0 Å². The summed E-state index contributed by atoms with van der Waals surface area (Å²) in [6.07, 6.45) is 1.23. The van der Waals surface area contributed by atoms with Gasteiger partial charge in [0.1, 0.15) is 0 Å². The van der Waals surface area contributed by atoms with Crippen molar-refractivity contribution in [2.75, 3.05) is 39.4 Å². The molecule has 0 aliphatic carbocycles. The quantitative estimate of drug-likeness (QED) is 0.804. The minimum atomic E-state index is 0. The zero-order valence-corrected chi connectivity index (χ0v) is 11.7. The van der Waals surface area contributed by atoms with Gasteiger partial charge in [-0.05, 0) is 31.0 Å². The van der Waals surface area contributed by atoms with Crippen molar-refractivity contribution in [1.82, 2.24) is 10.2 Å². The van der Waals surface area contributed by atoms with E-state index in [0.717, 1.165) is 39.4 Å². The Morgan fingerprint density at radius 1 is 1.35 bits per heavy atom. The van der Waals surface area contributed by atoms with E-state index in [1.54, 1.807) is 0 Å². The molecule has 1 fully saturated rings. The minimum absolute atomic E-state index is 0. The van der Waals surface area contributed by atoms with E-state index >= 15 is 0 Å². The summed E-state index contributed by atoms with van der Waals surface area (Å²) in [5.41, 5.74) is 0. The van der Waals surface area contributed by atoms with Gasteiger partial charge in [-0.15, -0.1) is 23.7 Å². The van der Waals surface area contributed by atoms with Crippen LogP contribution in [0.5, 0.6) is 0 Å². The molecule has 5 heteroatoms. The first kappa shape index (κ1) is 14.9. The maximum Gasteiger partial charge on any atom is 0.0594 e. The predicted molar refractivity (Wildman–Crippen MR) is 75.1 cm³/mol. The summed E-state index contributed by atoms with van der Waals surface area (Å²) in [7, 11) is 0. The highest BCUT2D eigenvalue weighted by Crippen LogP contribution is 2.07. The maximum atomic E-state index is 5.32. The number of hydrogen-bond donors (Lipinski definition) is 1. The smallest absolute Gasteiger partial charge is 0.0594 e. The lowest BCUT2D eigenvalue weighted by Crippen LogP contribution is -2.37. The summed E-state index contributed by atoms with van der Waals surface area (Å²) < 4.78 is 5.32. The lowest BCUT2D eigenvalue weighted by molar-refractivity contribution is 0.0374. The fourth-order valence-corrected chi connectivity index (χ4v) is 2.55. The van der Waals surface area contributed by atoms with Crippen molar-refractivity contribution in [1.29, 1.82) is 0 Å². The number of ether oxygens (including phenoxy) is 1. The normalized spacial score (nSPS) is 16.7. The molecule has 2 heterocycles. The second-order valence-electron chi connectivity index (χ2n) is 4.06. The molecular weight excluding hydrogens is 256 g/mol. The number of thiophene rings is 1. The zero-order chi connectivity index (χ0) is 11.1. The second kappa shape index (κ2) is 8.89. The highest BCUT2D eigenvalue weighted by atomic mass is 35.5. The van der Waals surface area contributed by atoms with Crippen LogP contribution in [0.1, 0.15) is 11.3 Å². The van der Waals surface area contributed by atoms with Gasteiger partial charge in [-0.3, -0.25) is 4.90 Å². The van der Waals surface area contributed by atoms with Gasteiger partial charge >= 0.3 is 0 Å². The molecule has 1 aromatic rings. The molecule has 0 saturated carbocycles. The van der Waals surface area contributed by atoms with Crippen LogP contribution < -0.4 is 5.32 Å². The fraction of sp³-hybridized carbons (Fsp3) is 0.667. The first-order valence-corrected chi connectivity index (χ1v) is 6.86. The Kier molecular flexibility index (Phi) is 7.81. The number of morpholine rings is 1. The van der Waals surface area contributed by atoms with E-state index in [2.05, 4.69) is 27.7 Å². The third kappa shape index (κ3) is 5.84. The lowest BCUT2D eigenvalue weighted by atomic mass is 10.3. The minimum Gasteiger partial charge on any atom is -0.379 e. The van der Waals surface area contributed by atoms with Crippen LogP contribution in [-0.4, -0.2) is 44.3 Å². The molecule has 0 bridgehead atoms. The third-order valence-corrected chi connectivity index (χ3v) is 3.69. The third-order valence-electron chi connectivity index (χ3n) is 2.81. The molecule has 0 radical (unpaired) electrons. The van der Waals surface area contributed by atoms with Crippen molar-refractivity contribution in [2.45, 2.75) is 13.0 Å². The van der Waals surface area contributed by atoms with Gasteiger partial charge in [0.05, 0.1) is 13.2 Å². The molecule has 98 valence electrons. The molecule has 0 spiro atoms. The molecule has 0 atom stereocenters. The van der Waals surface area contributed by atoms with Crippen molar-refractivity contribution < 1.29 is 4.74 Å². The summed E-state index contributed by atoms with van der Waals surface area (Å²) in [6.45, 7) is 7.33. The zero-order valence-electron chi connectivity index (χ0n) is 10.1. The SMILES string of the molecule is Cl.c1csc(CNCCCN2CCOCC2)c1. The second-order valence-corrected chi connectivity index (χ2v) is 5.10. The van der Waals surface area contributed by atoms with Crippen LogP contribution in [-0.2, 0) is 11.3 Å². The van der Waals surface area contributed by atoms with E-state index in [1.807, 2.05) is 11.3 Å². The molecule has 1 saturated heterocycles. The van der Waals surface area contributed by atoms with Crippen molar-refractivity contribution in [3.8, 4) is 0 Å². The Balaban J connectivity index is 0.00000144. The molecular formula is C12H21ClN2OS. The molecule has 3 nitrogen and oxygen atoms in total. The molecule has 17 heavy (non-hydrogen) atoms. The number of nitrogens with one attached hydrogen (secondary N) is 1. The Morgan fingerprint density at radius 3 is 2.88 bits per heavy atom. The van der Waals surface area contributed by atoms with Gasteiger partial charge in [0.25, 0.3) is 0 Å². The van der Waals surface area contributed by atoms with Gasteiger partial charge in [0, 0.05) is 24.5 Å². The van der Waals surface area contributed by atoms with Gasteiger partial charge in [-0.2, -0.15) is 0 Å². The summed E-state index contributed by atoms with van der Waals surface area (Å²) in [6, 6.07) is 4.29. The number of halogens is 1. The summed E-state index contributed by atoms with van der Waals surface area (Å²) in [4.78, 5) is 3.91. The van der Waals surface area contributed by atoms with Crippen molar-refractivity contribution >= 4 is 23.7 Å². The monoisotopic (exact) mass is 276 g/mol. The van der Waals surface area contributed by atoms with Crippen LogP contribution >= 0.6 is 23.7 Å². The highest BCUT2D eigenvalue weighted by Gasteiger charge is 2.08. The van der Waals surface area contributed by atoms with Gasteiger partial charge in [-0.25, -0.2) is 0 Å². The average molecular weight is 277 g/mol. The van der Waals surface area contributed by atoms with Crippen molar-refractivity contribution in [3.63, 3.8) is 0 Å². The van der Waals surface area contributed by atoms with Crippen LogP contribution in [0.3, 0.4) is 0 Å². The van der Waals surface area contributed by atoms with E-state index < -0.39 is 0 Å². The van der Waals surface area contributed by atoms with Crippen LogP contribution in [0.4, 0.5) is 0 Å². The fourth-order valence-electron chi connectivity index (χ4n) is 1.88. The molecule has 1 aromatic heterocycles. The van der Waals surface area contributed by atoms with E-state index in [-0.39, 0.29) is 12.4 Å². The van der Waals surface area contributed by atoms with Gasteiger partial charge < -0.3 is 10.1 Å². The standard InChI is InChI=1S/C12H20N2OS.ClH/c1-3-12(16-10-1)11-13-4-2-5-14-6-8-15-9-7-14;/h1,3,10,13H,2,4-9,11H2;1H. The maximum absolute atomic E-state index is 5.32. The highest BCUT2D eigenvalue weighted by molar-refractivity contribution is 7.09. The molecule has 0 unspecified atom stereocenters.